The minimum atomic E-state index is -0.0784. The fourth-order valence-electron chi connectivity index (χ4n) is 1.45. The van der Waals surface area contributed by atoms with Crippen LogP contribution in [-0.4, -0.2) is 20.4 Å². The van der Waals surface area contributed by atoms with Crippen molar-refractivity contribution in [2.24, 2.45) is 0 Å². The third-order valence-corrected chi connectivity index (χ3v) is 4.42. The number of rotatable bonds is 5. The van der Waals surface area contributed by atoms with Gasteiger partial charge in [-0.15, -0.1) is 0 Å². The average molecular weight is 264 g/mol. The number of hydrogen-bond donors (Lipinski definition) is 0. The molecule has 5 heteroatoms. The number of benzene rings is 1. The van der Waals surface area contributed by atoms with Gasteiger partial charge in [0.15, 0.2) is 10.1 Å². The first-order valence-corrected chi connectivity index (χ1v) is 6.99. The molecule has 2 aromatic rings. The highest BCUT2D eigenvalue weighted by Gasteiger charge is 2.20. The van der Waals surface area contributed by atoms with Crippen molar-refractivity contribution in [3.63, 3.8) is 0 Å². The highest BCUT2D eigenvalue weighted by molar-refractivity contribution is 8.02. The summed E-state index contributed by atoms with van der Waals surface area (Å²) in [6.45, 7) is 2.01. The van der Waals surface area contributed by atoms with Gasteiger partial charge in [0.1, 0.15) is 6.33 Å². The van der Waals surface area contributed by atoms with E-state index in [9.17, 15) is 4.79 Å². The molecule has 0 aliphatic heterocycles. The van der Waals surface area contributed by atoms with E-state index in [1.165, 1.54) is 29.6 Å². The second-order valence-electron chi connectivity index (χ2n) is 3.45. The lowest BCUT2D eigenvalue weighted by Gasteiger charge is -2.11. The van der Waals surface area contributed by atoms with Crippen LogP contribution < -0.4 is 0 Å². The summed E-state index contributed by atoms with van der Waals surface area (Å²) in [4.78, 5) is 16.3. The summed E-state index contributed by atoms with van der Waals surface area (Å²) in [5.74, 6) is 0.160. The van der Waals surface area contributed by atoms with Crippen molar-refractivity contribution < 1.29 is 4.79 Å². The van der Waals surface area contributed by atoms with E-state index in [0.717, 1.165) is 16.3 Å². The molecule has 1 aromatic heterocycles. The number of carbonyl (C=O) groups is 1. The molecular weight excluding hydrogens is 252 g/mol. The van der Waals surface area contributed by atoms with Crippen LogP contribution in [0.5, 0.6) is 0 Å². The Kier molecular flexibility index (Phi) is 4.28. The predicted molar refractivity (Wildman–Crippen MR) is 70.6 cm³/mol. The second kappa shape index (κ2) is 5.93. The van der Waals surface area contributed by atoms with Gasteiger partial charge in [0.05, 0.1) is 5.25 Å². The van der Waals surface area contributed by atoms with Crippen LogP contribution in [0.2, 0.25) is 0 Å². The van der Waals surface area contributed by atoms with Gasteiger partial charge < -0.3 is 0 Å². The van der Waals surface area contributed by atoms with E-state index in [2.05, 4.69) is 9.36 Å². The molecule has 0 fully saturated rings. The smallest absolute Gasteiger partial charge is 0.176 e. The van der Waals surface area contributed by atoms with Gasteiger partial charge in [-0.05, 0) is 18.0 Å². The molecule has 0 aliphatic carbocycles. The first kappa shape index (κ1) is 12.3. The Morgan fingerprint density at radius 1 is 1.41 bits per heavy atom. The lowest BCUT2D eigenvalue weighted by atomic mass is 10.1. The summed E-state index contributed by atoms with van der Waals surface area (Å²) in [5, 5.41) is -0.0784. The number of thioether (sulfide) groups is 1. The van der Waals surface area contributed by atoms with Gasteiger partial charge in [0, 0.05) is 5.56 Å². The van der Waals surface area contributed by atoms with Crippen molar-refractivity contribution in [2.75, 3.05) is 0 Å². The van der Waals surface area contributed by atoms with Crippen molar-refractivity contribution in [1.82, 2.24) is 9.36 Å². The van der Waals surface area contributed by atoms with E-state index in [1.807, 2.05) is 37.3 Å². The maximum Gasteiger partial charge on any atom is 0.176 e. The highest BCUT2D eigenvalue weighted by Crippen LogP contribution is 2.28. The van der Waals surface area contributed by atoms with Gasteiger partial charge in [-0.25, -0.2) is 4.98 Å². The lowest BCUT2D eigenvalue weighted by molar-refractivity contribution is 0.0988. The van der Waals surface area contributed by atoms with Crippen molar-refractivity contribution in [3.05, 3.63) is 42.2 Å². The summed E-state index contributed by atoms with van der Waals surface area (Å²) in [6.07, 6.45) is 2.31. The van der Waals surface area contributed by atoms with Gasteiger partial charge in [-0.2, -0.15) is 4.37 Å². The molecule has 1 aromatic carbocycles. The fourth-order valence-corrected chi connectivity index (χ4v) is 3.14. The van der Waals surface area contributed by atoms with Crippen LogP contribution in [0.1, 0.15) is 23.7 Å². The molecule has 1 atom stereocenters. The largest absolute Gasteiger partial charge is 0.293 e. The zero-order valence-corrected chi connectivity index (χ0v) is 11.0. The quantitative estimate of drug-likeness (QED) is 0.614. The molecule has 0 radical (unpaired) electrons. The summed E-state index contributed by atoms with van der Waals surface area (Å²) in [7, 11) is 0. The summed E-state index contributed by atoms with van der Waals surface area (Å²) in [5.41, 5.74) is 0.761. The van der Waals surface area contributed by atoms with Crippen molar-refractivity contribution in [1.29, 1.82) is 0 Å². The van der Waals surface area contributed by atoms with Crippen LogP contribution in [0.25, 0.3) is 0 Å². The number of Topliss-reactive ketones (excluding diaryl/α,β-unsaturated/α-hetero) is 1. The van der Waals surface area contributed by atoms with E-state index < -0.39 is 0 Å². The Morgan fingerprint density at radius 2 is 2.18 bits per heavy atom. The van der Waals surface area contributed by atoms with Crippen molar-refractivity contribution in [3.8, 4) is 0 Å². The fraction of sp³-hybridized carbons (Fsp3) is 0.250. The third kappa shape index (κ3) is 3.14. The molecule has 0 bridgehead atoms. The Bertz CT molecular complexity index is 471. The zero-order chi connectivity index (χ0) is 12.1. The van der Waals surface area contributed by atoms with Crippen LogP contribution in [0.3, 0.4) is 0 Å². The number of hydrogen-bond acceptors (Lipinski definition) is 5. The van der Waals surface area contributed by atoms with Gasteiger partial charge >= 0.3 is 0 Å². The third-order valence-electron chi connectivity index (χ3n) is 2.31. The molecule has 88 valence electrons. The van der Waals surface area contributed by atoms with E-state index in [1.54, 1.807) is 0 Å². The molecule has 0 saturated heterocycles. The Hall–Kier alpha value is -1.20. The zero-order valence-electron chi connectivity index (χ0n) is 9.37. The van der Waals surface area contributed by atoms with Gasteiger partial charge in [-0.1, -0.05) is 49.0 Å². The monoisotopic (exact) mass is 264 g/mol. The summed E-state index contributed by atoms with van der Waals surface area (Å²) >= 11 is 2.82. The maximum absolute atomic E-state index is 12.2. The number of aromatic nitrogens is 2. The van der Waals surface area contributed by atoms with Crippen molar-refractivity contribution >= 4 is 29.1 Å². The molecule has 0 aliphatic rings. The van der Waals surface area contributed by atoms with E-state index >= 15 is 0 Å². The minimum absolute atomic E-state index is 0.0784. The standard InChI is InChI=1S/C12H12N2OS2/c1-2-10(16-12-13-8-14-17-12)11(15)9-6-4-3-5-7-9/h3-8,10H,2H2,1H3. The molecule has 0 spiro atoms. The first-order chi connectivity index (χ1) is 8.31. The molecule has 1 unspecified atom stereocenters. The minimum Gasteiger partial charge on any atom is -0.293 e. The molecular formula is C12H12N2OS2. The second-order valence-corrected chi connectivity index (χ2v) is 5.68. The maximum atomic E-state index is 12.2. The SMILES string of the molecule is CCC(Sc1ncns1)C(=O)c1ccccc1. The average Bonchev–Trinajstić information content (AvgIpc) is 2.89. The number of ketones is 1. The highest BCUT2D eigenvalue weighted by atomic mass is 32.2. The number of carbonyl (C=O) groups excluding carboxylic acids is 1. The molecule has 0 saturated carbocycles. The molecule has 1 heterocycles. The molecule has 0 N–H and O–H groups in total. The Morgan fingerprint density at radius 3 is 2.76 bits per heavy atom. The van der Waals surface area contributed by atoms with Gasteiger partial charge in [0.2, 0.25) is 0 Å². The van der Waals surface area contributed by atoms with Crippen LogP contribution in [-0.2, 0) is 0 Å². The van der Waals surface area contributed by atoms with E-state index in [-0.39, 0.29) is 11.0 Å². The number of nitrogens with zero attached hydrogens (tertiary/aromatic N) is 2. The first-order valence-electron chi connectivity index (χ1n) is 5.34. The lowest BCUT2D eigenvalue weighted by Crippen LogP contribution is -2.16. The van der Waals surface area contributed by atoms with Gasteiger partial charge in [-0.3, -0.25) is 4.79 Å². The molecule has 17 heavy (non-hydrogen) atoms. The Labute approximate surface area is 108 Å². The van der Waals surface area contributed by atoms with Crippen LogP contribution in [0.15, 0.2) is 41.0 Å². The normalized spacial score (nSPS) is 12.3. The van der Waals surface area contributed by atoms with E-state index in [0.29, 0.717) is 0 Å². The van der Waals surface area contributed by atoms with Crippen LogP contribution in [0, 0.1) is 0 Å². The molecule has 2 rings (SSSR count). The Balaban J connectivity index is 2.11. The van der Waals surface area contributed by atoms with Crippen molar-refractivity contribution in [2.45, 2.75) is 22.9 Å². The molecule has 0 amide bonds. The van der Waals surface area contributed by atoms with Crippen LogP contribution in [0.4, 0.5) is 0 Å². The predicted octanol–water partition coefficient (Wildman–Crippen LogP) is 3.29. The summed E-state index contributed by atoms with van der Waals surface area (Å²) in [6, 6.07) is 9.39. The topological polar surface area (TPSA) is 42.9 Å². The van der Waals surface area contributed by atoms with E-state index in [4.69, 9.17) is 0 Å². The molecule has 3 nitrogen and oxygen atoms in total. The van der Waals surface area contributed by atoms with Crippen LogP contribution >= 0.6 is 23.3 Å². The summed E-state index contributed by atoms with van der Waals surface area (Å²) < 4.78 is 4.79. The van der Waals surface area contributed by atoms with Gasteiger partial charge in [0.25, 0.3) is 0 Å².